The van der Waals surface area contributed by atoms with E-state index in [4.69, 9.17) is 9.72 Å². The van der Waals surface area contributed by atoms with E-state index in [0.29, 0.717) is 12.4 Å². The number of benzene rings is 2. The molecule has 178 valence electrons. The number of fused-ring (bicyclic) bond motifs is 2. The smallest absolute Gasteiger partial charge is 0.180 e. The fourth-order valence-electron chi connectivity index (χ4n) is 4.81. The van der Waals surface area contributed by atoms with Crippen LogP contribution in [0.2, 0.25) is 0 Å². The number of methoxy groups -OCH3 is 1. The second-order valence-corrected chi connectivity index (χ2v) is 9.51. The van der Waals surface area contributed by atoms with Crippen LogP contribution in [-0.2, 0) is 6.54 Å². The van der Waals surface area contributed by atoms with Crippen LogP contribution in [0.4, 0.5) is 17.2 Å². The van der Waals surface area contributed by atoms with Crippen molar-refractivity contribution in [1.29, 1.82) is 0 Å². The minimum absolute atomic E-state index is 0.594. The van der Waals surface area contributed by atoms with Crippen LogP contribution in [0.5, 0.6) is 5.75 Å². The number of nitrogens with zero attached hydrogens (tertiary/aromatic N) is 5. The predicted molar refractivity (Wildman–Crippen MR) is 138 cm³/mol. The first-order chi connectivity index (χ1) is 17.0. The molecule has 35 heavy (non-hydrogen) atoms. The van der Waals surface area contributed by atoms with Crippen molar-refractivity contribution in [2.24, 2.45) is 4.99 Å². The Morgan fingerprint density at radius 2 is 1.97 bits per heavy atom. The lowest BCUT2D eigenvalue weighted by Crippen LogP contribution is -2.42. The molecule has 0 radical (unpaired) electrons. The molecule has 2 aromatic carbocycles. The van der Waals surface area contributed by atoms with Gasteiger partial charge in [-0.25, -0.2) is 9.97 Å². The third kappa shape index (κ3) is 4.10. The van der Waals surface area contributed by atoms with Crippen LogP contribution >= 0.6 is 0 Å². The fourth-order valence-corrected chi connectivity index (χ4v) is 4.81. The van der Waals surface area contributed by atoms with Crippen LogP contribution < -0.4 is 15.0 Å². The molecule has 2 aliphatic heterocycles. The van der Waals surface area contributed by atoms with Crippen LogP contribution in [0.15, 0.2) is 60.0 Å². The zero-order valence-electron chi connectivity index (χ0n) is 19.9. The molecule has 8 heteroatoms. The van der Waals surface area contributed by atoms with Crippen LogP contribution in [0, 0.1) is 0 Å². The molecule has 0 saturated carbocycles. The summed E-state index contributed by atoms with van der Waals surface area (Å²) >= 11 is 0. The second kappa shape index (κ2) is 8.39. The van der Waals surface area contributed by atoms with Gasteiger partial charge in [0.25, 0.3) is 0 Å². The minimum atomic E-state index is -0.594. The Morgan fingerprint density at radius 3 is 2.80 bits per heavy atom. The van der Waals surface area contributed by atoms with Gasteiger partial charge in [-0.1, -0.05) is 12.1 Å². The maximum Gasteiger partial charge on any atom is 0.180 e. The first-order valence-electron chi connectivity index (χ1n) is 11.9. The molecule has 0 bridgehead atoms. The Kier molecular flexibility index (Phi) is 5.18. The van der Waals surface area contributed by atoms with Crippen molar-refractivity contribution in [3.63, 3.8) is 0 Å². The summed E-state index contributed by atoms with van der Waals surface area (Å²) in [7, 11) is 1.69. The van der Waals surface area contributed by atoms with E-state index in [0.717, 1.165) is 60.0 Å². The van der Waals surface area contributed by atoms with E-state index in [1.807, 2.05) is 42.1 Å². The standard InChI is InChI=1S/C27H28N6O2/c1-27(34)7-10-32(11-8-27)23-6-5-21(14-24(23)35-2)30-25-26-29-9-12-33(26)17-22(31-25)18-3-4-19-15-28-16-20(19)13-18/h3-6,9,12-15,17,34H,7-8,10-11,16H2,1-2H3,(H,30,31). The predicted octanol–water partition coefficient (Wildman–Crippen LogP) is 4.43. The van der Waals surface area contributed by atoms with E-state index in [1.54, 1.807) is 13.3 Å². The highest BCUT2D eigenvalue weighted by atomic mass is 16.5. The maximum atomic E-state index is 10.3. The number of hydrogen-bond donors (Lipinski definition) is 2. The van der Waals surface area contributed by atoms with E-state index in [-0.39, 0.29) is 0 Å². The number of anilines is 3. The van der Waals surface area contributed by atoms with Gasteiger partial charge < -0.3 is 24.5 Å². The van der Waals surface area contributed by atoms with Gasteiger partial charge in [-0.2, -0.15) is 0 Å². The van der Waals surface area contributed by atoms with E-state index in [9.17, 15) is 5.11 Å². The van der Waals surface area contributed by atoms with Gasteiger partial charge in [-0.3, -0.25) is 4.99 Å². The third-order valence-electron chi connectivity index (χ3n) is 6.93. The fraction of sp³-hybridized carbons (Fsp3) is 0.296. The van der Waals surface area contributed by atoms with Gasteiger partial charge in [0.05, 0.1) is 30.6 Å². The number of piperidine rings is 1. The van der Waals surface area contributed by atoms with Gasteiger partial charge in [-0.15, -0.1) is 0 Å². The van der Waals surface area contributed by atoms with Gasteiger partial charge in [0.1, 0.15) is 5.75 Å². The Bertz CT molecular complexity index is 1430. The van der Waals surface area contributed by atoms with Crippen LogP contribution in [0.3, 0.4) is 0 Å². The number of aliphatic imine (C=N–C) groups is 1. The monoisotopic (exact) mass is 468 g/mol. The number of rotatable bonds is 5. The van der Waals surface area contributed by atoms with Crippen molar-refractivity contribution in [2.45, 2.75) is 31.9 Å². The van der Waals surface area contributed by atoms with Gasteiger partial charge >= 0.3 is 0 Å². The molecule has 8 nitrogen and oxygen atoms in total. The van der Waals surface area contributed by atoms with Crippen LogP contribution in [0.1, 0.15) is 30.9 Å². The lowest BCUT2D eigenvalue weighted by atomic mass is 9.93. The quantitative estimate of drug-likeness (QED) is 0.451. The molecule has 1 saturated heterocycles. The summed E-state index contributed by atoms with van der Waals surface area (Å²) in [5, 5.41) is 13.8. The Labute approximate surface area is 203 Å². The molecule has 6 rings (SSSR count). The lowest BCUT2D eigenvalue weighted by molar-refractivity contribution is 0.0350. The molecule has 4 aromatic rings. The number of hydrogen-bond acceptors (Lipinski definition) is 7. The number of imidazole rings is 1. The number of aliphatic hydroxyl groups is 1. The highest BCUT2D eigenvalue weighted by Crippen LogP contribution is 2.36. The topological polar surface area (TPSA) is 87.3 Å². The normalized spacial score (nSPS) is 16.5. The second-order valence-electron chi connectivity index (χ2n) is 9.51. The van der Waals surface area contributed by atoms with Crippen molar-refractivity contribution in [3.8, 4) is 17.0 Å². The molecule has 0 atom stereocenters. The zero-order chi connectivity index (χ0) is 24.0. The summed E-state index contributed by atoms with van der Waals surface area (Å²) in [6.07, 6.45) is 9.09. The van der Waals surface area contributed by atoms with Crippen molar-refractivity contribution in [3.05, 3.63) is 66.1 Å². The van der Waals surface area contributed by atoms with Crippen molar-refractivity contribution < 1.29 is 9.84 Å². The average Bonchev–Trinajstić information content (AvgIpc) is 3.53. The van der Waals surface area contributed by atoms with Gasteiger partial charge in [0.15, 0.2) is 11.5 Å². The van der Waals surface area contributed by atoms with Crippen LogP contribution in [-0.4, -0.2) is 51.5 Å². The molecule has 1 fully saturated rings. The summed E-state index contributed by atoms with van der Waals surface area (Å²) in [6.45, 7) is 4.20. The van der Waals surface area contributed by atoms with E-state index in [2.05, 4.69) is 44.5 Å². The highest BCUT2D eigenvalue weighted by Gasteiger charge is 2.28. The molecule has 0 spiro atoms. The molecule has 2 aromatic heterocycles. The largest absolute Gasteiger partial charge is 0.495 e. The summed E-state index contributed by atoms with van der Waals surface area (Å²) in [5.74, 6) is 1.46. The van der Waals surface area contributed by atoms with Crippen molar-refractivity contribution >= 4 is 29.1 Å². The summed E-state index contributed by atoms with van der Waals surface area (Å²) in [4.78, 5) is 16.1. The Balaban J connectivity index is 1.32. The first kappa shape index (κ1) is 21.6. The molecular formula is C27H28N6O2. The molecule has 2 aliphatic rings. The Morgan fingerprint density at radius 1 is 1.11 bits per heavy atom. The number of nitrogens with one attached hydrogen (secondary N) is 1. The van der Waals surface area contributed by atoms with E-state index in [1.165, 1.54) is 11.1 Å². The van der Waals surface area contributed by atoms with Crippen molar-refractivity contribution in [1.82, 2.24) is 14.4 Å². The van der Waals surface area contributed by atoms with Gasteiger partial charge in [0.2, 0.25) is 0 Å². The van der Waals surface area contributed by atoms with Crippen molar-refractivity contribution in [2.75, 3.05) is 30.4 Å². The average molecular weight is 469 g/mol. The first-order valence-corrected chi connectivity index (χ1v) is 11.9. The maximum absolute atomic E-state index is 10.3. The third-order valence-corrected chi connectivity index (χ3v) is 6.93. The highest BCUT2D eigenvalue weighted by molar-refractivity contribution is 5.86. The van der Waals surface area contributed by atoms with E-state index >= 15 is 0 Å². The molecule has 0 unspecified atom stereocenters. The van der Waals surface area contributed by atoms with Gasteiger partial charge in [0, 0.05) is 55.2 Å². The Hall–Kier alpha value is -3.91. The van der Waals surface area contributed by atoms with Crippen LogP contribution in [0.25, 0.3) is 16.9 Å². The summed E-state index contributed by atoms with van der Waals surface area (Å²) in [6, 6.07) is 12.4. The molecule has 4 heterocycles. The number of ether oxygens (including phenoxy) is 1. The molecular weight excluding hydrogens is 440 g/mol. The summed E-state index contributed by atoms with van der Waals surface area (Å²) in [5.41, 5.74) is 6.33. The molecule has 2 N–H and O–H groups in total. The SMILES string of the molecule is COc1cc(Nc2nc(-c3ccc4c(c3)CN=C4)cn3ccnc23)ccc1N1CCC(C)(O)CC1. The molecule has 0 amide bonds. The van der Waals surface area contributed by atoms with E-state index < -0.39 is 5.60 Å². The summed E-state index contributed by atoms with van der Waals surface area (Å²) < 4.78 is 7.73. The van der Waals surface area contributed by atoms with Gasteiger partial charge in [-0.05, 0) is 49.1 Å². The number of aromatic nitrogens is 3. The lowest BCUT2D eigenvalue weighted by Gasteiger charge is -2.37. The molecule has 0 aliphatic carbocycles. The minimum Gasteiger partial charge on any atom is -0.495 e. The zero-order valence-corrected chi connectivity index (χ0v) is 19.9.